The van der Waals surface area contributed by atoms with Crippen molar-refractivity contribution in [3.63, 3.8) is 0 Å². The van der Waals surface area contributed by atoms with Gasteiger partial charge in [-0.1, -0.05) is 12.1 Å². The summed E-state index contributed by atoms with van der Waals surface area (Å²) in [5.41, 5.74) is 0.819. The van der Waals surface area contributed by atoms with Gasteiger partial charge in [0.15, 0.2) is 0 Å². The molecule has 2 aromatic rings. The van der Waals surface area contributed by atoms with E-state index >= 15 is 0 Å². The number of ketones is 1. The van der Waals surface area contributed by atoms with Crippen molar-refractivity contribution in [1.82, 2.24) is 0 Å². The van der Waals surface area contributed by atoms with Crippen molar-refractivity contribution in [2.24, 2.45) is 0 Å². The summed E-state index contributed by atoms with van der Waals surface area (Å²) in [4.78, 5) is 12.2. The molecule has 0 unspecified atom stereocenters. The van der Waals surface area contributed by atoms with Crippen molar-refractivity contribution in [2.45, 2.75) is 0 Å². The first kappa shape index (κ1) is 12.0. The monoisotopic (exact) mass is 319 g/mol. The summed E-state index contributed by atoms with van der Waals surface area (Å²) in [6.07, 6.45) is 0. The van der Waals surface area contributed by atoms with Crippen LogP contribution in [0.2, 0.25) is 0 Å². The van der Waals surface area contributed by atoms with Gasteiger partial charge in [-0.05, 0) is 46.3 Å². The Morgan fingerprint density at radius 3 is 2.58 bits per heavy atom. The minimum Gasteiger partial charge on any atom is -0.618 e. The molecule has 0 atom stereocenters. The van der Waals surface area contributed by atoms with Crippen LogP contribution in [0.15, 0.2) is 46.9 Å². The van der Waals surface area contributed by atoms with Crippen molar-refractivity contribution >= 4 is 33.1 Å². The van der Waals surface area contributed by atoms with Crippen molar-refractivity contribution in [3.05, 3.63) is 69.1 Å². The van der Waals surface area contributed by atoms with Crippen molar-refractivity contribution < 1.29 is 13.9 Å². The third-order valence-corrected chi connectivity index (χ3v) is 3.59. The zero-order valence-electron chi connectivity index (χ0n) is 9.56. The number of hydrogen-bond acceptors (Lipinski definition) is 2. The van der Waals surface area contributed by atoms with Crippen LogP contribution in [0.4, 0.5) is 10.1 Å². The highest BCUT2D eigenvalue weighted by molar-refractivity contribution is 9.10. The van der Waals surface area contributed by atoms with E-state index in [2.05, 4.69) is 15.9 Å². The highest BCUT2D eigenvalue weighted by atomic mass is 79.9. The molecule has 94 valence electrons. The standard InChI is InChI=1S/C14H7BrFNO2/c15-11-6-2-5-10-13(11)17(19)12(14(10)18)8-3-1-4-9(16)7-8/h1-7H. The van der Waals surface area contributed by atoms with Gasteiger partial charge in [-0.15, -0.1) is 0 Å². The summed E-state index contributed by atoms with van der Waals surface area (Å²) in [5, 5.41) is 12.2. The number of hydrogen-bond donors (Lipinski definition) is 0. The van der Waals surface area contributed by atoms with E-state index in [-0.39, 0.29) is 17.0 Å². The van der Waals surface area contributed by atoms with Gasteiger partial charge in [0.1, 0.15) is 11.4 Å². The van der Waals surface area contributed by atoms with Gasteiger partial charge in [0, 0.05) is 0 Å². The van der Waals surface area contributed by atoms with E-state index in [0.717, 1.165) is 0 Å². The van der Waals surface area contributed by atoms with Gasteiger partial charge in [0.2, 0.25) is 5.69 Å². The van der Waals surface area contributed by atoms with Crippen molar-refractivity contribution in [1.29, 1.82) is 0 Å². The summed E-state index contributed by atoms with van der Waals surface area (Å²) in [6, 6.07) is 10.4. The second-order valence-corrected chi connectivity index (χ2v) is 4.97. The average molecular weight is 320 g/mol. The van der Waals surface area contributed by atoms with Crippen molar-refractivity contribution in [2.75, 3.05) is 0 Å². The molecule has 0 saturated heterocycles. The van der Waals surface area contributed by atoms with Gasteiger partial charge >= 0.3 is 0 Å². The lowest BCUT2D eigenvalue weighted by atomic mass is 10.0. The molecule has 1 heterocycles. The molecule has 0 aliphatic carbocycles. The van der Waals surface area contributed by atoms with Crippen LogP contribution in [0.5, 0.6) is 0 Å². The molecule has 0 spiro atoms. The number of carbonyl (C=O) groups is 1. The first-order valence-corrected chi connectivity index (χ1v) is 6.32. The molecule has 0 bridgehead atoms. The summed E-state index contributed by atoms with van der Waals surface area (Å²) in [7, 11) is 0. The fourth-order valence-corrected chi connectivity index (χ4v) is 2.65. The zero-order valence-corrected chi connectivity index (χ0v) is 11.1. The molecule has 0 fully saturated rings. The maximum Gasteiger partial charge on any atom is 0.273 e. The van der Waals surface area contributed by atoms with Crippen LogP contribution in [0.25, 0.3) is 0 Å². The van der Waals surface area contributed by atoms with Crippen LogP contribution < -0.4 is 0 Å². The first-order chi connectivity index (χ1) is 9.09. The topological polar surface area (TPSA) is 43.1 Å². The molecule has 0 saturated carbocycles. The third-order valence-electron chi connectivity index (χ3n) is 2.95. The molecule has 0 amide bonds. The van der Waals surface area contributed by atoms with Crippen LogP contribution in [-0.4, -0.2) is 16.2 Å². The molecule has 0 aromatic heterocycles. The molecule has 0 N–H and O–H groups in total. The normalized spacial score (nSPS) is 13.9. The predicted octanol–water partition coefficient (Wildman–Crippen LogP) is 3.42. The molecule has 19 heavy (non-hydrogen) atoms. The SMILES string of the molecule is O=C1C(c2cccc(F)c2)=[N+]([O-])c2c(Br)cccc21. The number of rotatable bonds is 1. The Balaban J connectivity index is 2.25. The lowest BCUT2D eigenvalue weighted by molar-refractivity contribution is -0.356. The molecule has 0 radical (unpaired) electrons. The number of halogens is 2. The second-order valence-electron chi connectivity index (χ2n) is 4.12. The highest BCUT2D eigenvalue weighted by Crippen LogP contribution is 2.34. The Morgan fingerprint density at radius 2 is 1.89 bits per heavy atom. The van der Waals surface area contributed by atoms with E-state index in [1.165, 1.54) is 18.2 Å². The second kappa shape index (κ2) is 4.28. The van der Waals surface area contributed by atoms with E-state index in [9.17, 15) is 14.4 Å². The Bertz CT molecular complexity index is 740. The number of benzene rings is 2. The van der Waals surface area contributed by atoms with Crippen molar-refractivity contribution in [3.8, 4) is 0 Å². The minimum absolute atomic E-state index is 0.0543. The fraction of sp³-hybridized carbons (Fsp3) is 0. The largest absolute Gasteiger partial charge is 0.618 e. The average Bonchev–Trinajstić information content (AvgIpc) is 2.63. The van der Waals surface area contributed by atoms with Crippen LogP contribution in [0.1, 0.15) is 15.9 Å². The number of fused-ring (bicyclic) bond motifs is 1. The maximum atomic E-state index is 13.2. The van der Waals surface area contributed by atoms with Crippen LogP contribution in [0, 0.1) is 11.0 Å². The van der Waals surface area contributed by atoms with E-state index in [1.54, 1.807) is 24.3 Å². The van der Waals surface area contributed by atoms with E-state index < -0.39 is 11.6 Å². The highest BCUT2D eigenvalue weighted by Gasteiger charge is 2.38. The van der Waals surface area contributed by atoms with Crippen LogP contribution >= 0.6 is 15.9 Å². The molecule has 3 rings (SSSR count). The molecule has 1 aliphatic rings. The predicted molar refractivity (Wildman–Crippen MR) is 72.3 cm³/mol. The molecule has 1 aliphatic heterocycles. The van der Waals surface area contributed by atoms with Gasteiger partial charge in [-0.3, -0.25) is 4.79 Å². The zero-order chi connectivity index (χ0) is 13.6. The van der Waals surface area contributed by atoms with Crippen LogP contribution in [0.3, 0.4) is 0 Å². The smallest absolute Gasteiger partial charge is 0.273 e. The van der Waals surface area contributed by atoms with E-state index in [0.29, 0.717) is 14.8 Å². The Morgan fingerprint density at radius 1 is 1.16 bits per heavy atom. The lowest BCUT2D eigenvalue weighted by Gasteiger charge is -2.03. The Labute approximate surface area is 116 Å². The summed E-state index contributed by atoms with van der Waals surface area (Å²) < 4.78 is 14.3. The number of para-hydroxylation sites is 1. The summed E-state index contributed by atoms with van der Waals surface area (Å²) >= 11 is 3.25. The molecular formula is C14H7BrFNO2. The van der Waals surface area contributed by atoms with Gasteiger partial charge in [0.25, 0.3) is 11.5 Å². The number of Topliss-reactive ketones (excluding diaryl/α,β-unsaturated/α-hetero) is 1. The summed E-state index contributed by atoms with van der Waals surface area (Å²) in [5.74, 6) is -0.877. The lowest BCUT2D eigenvalue weighted by Crippen LogP contribution is -2.16. The third kappa shape index (κ3) is 1.77. The number of nitrogens with zero attached hydrogens (tertiary/aromatic N) is 1. The Kier molecular flexibility index (Phi) is 2.71. The molecule has 2 aromatic carbocycles. The van der Waals surface area contributed by atoms with Gasteiger partial charge in [-0.2, -0.15) is 4.74 Å². The quantitative estimate of drug-likeness (QED) is 0.597. The first-order valence-electron chi connectivity index (χ1n) is 5.53. The van der Waals surface area contributed by atoms with E-state index in [1.807, 2.05) is 0 Å². The van der Waals surface area contributed by atoms with Gasteiger partial charge < -0.3 is 5.21 Å². The Hall–Kier alpha value is -2.01. The van der Waals surface area contributed by atoms with E-state index in [4.69, 9.17) is 0 Å². The summed E-state index contributed by atoms with van der Waals surface area (Å²) in [6.45, 7) is 0. The minimum atomic E-state index is -0.485. The maximum absolute atomic E-state index is 13.2. The molecule has 5 heteroatoms. The van der Waals surface area contributed by atoms with Crippen LogP contribution in [-0.2, 0) is 0 Å². The van der Waals surface area contributed by atoms with Gasteiger partial charge in [0.05, 0.1) is 10.0 Å². The molecule has 3 nitrogen and oxygen atoms in total. The number of carbonyl (C=O) groups excluding carboxylic acids is 1. The molecular weight excluding hydrogens is 313 g/mol. The van der Waals surface area contributed by atoms with Gasteiger partial charge in [-0.25, -0.2) is 4.39 Å². The fourth-order valence-electron chi connectivity index (χ4n) is 2.12.